The molecule has 0 saturated carbocycles. The summed E-state index contributed by atoms with van der Waals surface area (Å²) < 4.78 is 5.00. The largest absolute Gasteiger partial charge is 0.452 e. The molecule has 110 valence electrons. The molecule has 1 aromatic carbocycles. The highest BCUT2D eigenvalue weighted by molar-refractivity contribution is 5.97. The van der Waals surface area contributed by atoms with Crippen molar-refractivity contribution in [2.24, 2.45) is 0 Å². The molecule has 1 rings (SSSR count). The van der Waals surface area contributed by atoms with Gasteiger partial charge in [-0.1, -0.05) is 0 Å². The Morgan fingerprint density at radius 3 is 2.55 bits per heavy atom. The molecule has 20 heavy (non-hydrogen) atoms. The van der Waals surface area contributed by atoms with E-state index in [2.05, 4.69) is 5.32 Å². The number of hydrogen-bond donors (Lipinski definition) is 2. The van der Waals surface area contributed by atoms with Crippen molar-refractivity contribution < 1.29 is 14.3 Å². The molecule has 1 amide bonds. The number of amides is 1. The van der Waals surface area contributed by atoms with Crippen molar-refractivity contribution in [3.05, 3.63) is 23.8 Å². The molecule has 6 heteroatoms. The predicted molar refractivity (Wildman–Crippen MR) is 78.7 cm³/mol. The Labute approximate surface area is 118 Å². The number of anilines is 2. The normalized spacial score (nSPS) is 10.2. The molecule has 0 aromatic heterocycles. The van der Waals surface area contributed by atoms with Crippen LogP contribution in [0, 0.1) is 0 Å². The zero-order chi connectivity index (χ0) is 15.3. The van der Waals surface area contributed by atoms with Gasteiger partial charge in [-0.25, -0.2) is 4.79 Å². The van der Waals surface area contributed by atoms with Crippen LogP contribution in [-0.2, 0) is 9.53 Å². The maximum atomic E-state index is 12.0. The molecule has 0 unspecified atom stereocenters. The van der Waals surface area contributed by atoms with Crippen LogP contribution in [0.1, 0.15) is 24.2 Å². The number of carbonyl (C=O) groups excluding carboxylic acids is 2. The van der Waals surface area contributed by atoms with Crippen molar-refractivity contribution in [3.63, 3.8) is 0 Å². The van der Waals surface area contributed by atoms with Crippen LogP contribution in [0.3, 0.4) is 0 Å². The highest BCUT2D eigenvalue weighted by atomic mass is 16.5. The Hall–Kier alpha value is -2.24. The summed E-state index contributed by atoms with van der Waals surface area (Å²) in [6.45, 7) is 3.36. The summed E-state index contributed by atoms with van der Waals surface area (Å²) >= 11 is 0. The molecule has 3 N–H and O–H groups in total. The first kappa shape index (κ1) is 15.8. The number of nitrogens with two attached hydrogens (primary N) is 1. The van der Waals surface area contributed by atoms with Gasteiger partial charge >= 0.3 is 5.97 Å². The molecule has 0 spiro atoms. The second kappa shape index (κ2) is 6.79. The SMILES string of the molecule is CC(C)NC(=O)COC(=O)c1cc(N)ccc1N(C)C. The molecule has 0 heterocycles. The van der Waals surface area contributed by atoms with Gasteiger partial charge in [-0.3, -0.25) is 4.79 Å². The van der Waals surface area contributed by atoms with Crippen molar-refractivity contribution in [2.45, 2.75) is 19.9 Å². The van der Waals surface area contributed by atoms with E-state index in [9.17, 15) is 9.59 Å². The highest BCUT2D eigenvalue weighted by Crippen LogP contribution is 2.22. The fraction of sp³-hybridized carbons (Fsp3) is 0.429. The lowest BCUT2D eigenvalue weighted by atomic mass is 10.1. The molecular formula is C14H21N3O3. The Balaban J connectivity index is 2.77. The Kier molecular flexibility index (Phi) is 5.37. The first-order valence-corrected chi connectivity index (χ1v) is 6.34. The van der Waals surface area contributed by atoms with E-state index >= 15 is 0 Å². The van der Waals surface area contributed by atoms with Crippen LogP contribution in [0.5, 0.6) is 0 Å². The number of nitrogens with one attached hydrogen (secondary N) is 1. The number of nitrogens with zero attached hydrogens (tertiary/aromatic N) is 1. The number of hydrogen-bond acceptors (Lipinski definition) is 5. The average molecular weight is 279 g/mol. The molecule has 0 bridgehead atoms. The number of ether oxygens (including phenoxy) is 1. The van der Waals surface area contributed by atoms with Crippen molar-refractivity contribution in [1.29, 1.82) is 0 Å². The van der Waals surface area contributed by atoms with Gasteiger partial charge in [0, 0.05) is 25.8 Å². The van der Waals surface area contributed by atoms with E-state index in [1.165, 1.54) is 6.07 Å². The van der Waals surface area contributed by atoms with Crippen LogP contribution in [0.15, 0.2) is 18.2 Å². The van der Waals surface area contributed by atoms with E-state index in [4.69, 9.17) is 10.5 Å². The minimum absolute atomic E-state index is 0.00547. The molecule has 0 atom stereocenters. The van der Waals surface area contributed by atoms with E-state index in [0.29, 0.717) is 16.9 Å². The number of esters is 1. The summed E-state index contributed by atoms with van der Waals surface area (Å²) in [5, 5.41) is 2.65. The molecule has 1 aromatic rings. The summed E-state index contributed by atoms with van der Waals surface area (Å²) in [7, 11) is 3.63. The van der Waals surface area contributed by atoms with Gasteiger partial charge in [0.25, 0.3) is 5.91 Å². The molecule has 0 aliphatic carbocycles. The molecule has 0 aliphatic heterocycles. The third-order valence-electron chi connectivity index (χ3n) is 2.51. The second-order valence-electron chi connectivity index (χ2n) is 4.97. The molecule has 0 radical (unpaired) electrons. The molecule has 6 nitrogen and oxygen atoms in total. The van der Waals surface area contributed by atoms with Crippen LogP contribution >= 0.6 is 0 Å². The van der Waals surface area contributed by atoms with Crippen molar-refractivity contribution in [2.75, 3.05) is 31.3 Å². The zero-order valence-corrected chi connectivity index (χ0v) is 12.3. The van der Waals surface area contributed by atoms with E-state index in [1.807, 2.05) is 27.9 Å². The number of carbonyl (C=O) groups is 2. The van der Waals surface area contributed by atoms with E-state index in [0.717, 1.165) is 0 Å². The second-order valence-corrected chi connectivity index (χ2v) is 4.97. The van der Waals surface area contributed by atoms with Crippen molar-refractivity contribution >= 4 is 23.3 Å². The lowest BCUT2D eigenvalue weighted by Crippen LogP contribution is -2.34. The minimum atomic E-state index is -0.570. The van der Waals surface area contributed by atoms with Gasteiger partial charge in [-0.05, 0) is 32.0 Å². The van der Waals surface area contributed by atoms with Gasteiger partial charge in [0.15, 0.2) is 6.61 Å². The third-order valence-corrected chi connectivity index (χ3v) is 2.51. The predicted octanol–water partition coefficient (Wildman–Crippen LogP) is 1.02. The lowest BCUT2D eigenvalue weighted by molar-refractivity contribution is -0.124. The van der Waals surface area contributed by atoms with Gasteiger partial charge in [0.1, 0.15) is 0 Å². The zero-order valence-electron chi connectivity index (χ0n) is 12.3. The average Bonchev–Trinajstić information content (AvgIpc) is 2.34. The Morgan fingerprint density at radius 1 is 1.35 bits per heavy atom. The van der Waals surface area contributed by atoms with E-state index < -0.39 is 5.97 Å². The van der Waals surface area contributed by atoms with Crippen LogP contribution in [0.2, 0.25) is 0 Å². The van der Waals surface area contributed by atoms with Crippen LogP contribution in [0.4, 0.5) is 11.4 Å². The summed E-state index contributed by atoms with van der Waals surface area (Å²) in [6, 6.07) is 4.99. The van der Waals surface area contributed by atoms with Gasteiger partial charge in [0.2, 0.25) is 0 Å². The smallest absolute Gasteiger partial charge is 0.340 e. The third kappa shape index (κ3) is 4.46. The fourth-order valence-electron chi connectivity index (χ4n) is 1.68. The Bertz CT molecular complexity index is 498. The first-order chi connectivity index (χ1) is 9.31. The maximum Gasteiger partial charge on any atom is 0.340 e. The number of rotatable bonds is 5. The fourth-order valence-corrected chi connectivity index (χ4v) is 1.68. The minimum Gasteiger partial charge on any atom is -0.452 e. The molecular weight excluding hydrogens is 258 g/mol. The van der Waals surface area contributed by atoms with Crippen molar-refractivity contribution in [3.8, 4) is 0 Å². The summed E-state index contributed by atoms with van der Waals surface area (Å²) in [6.07, 6.45) is 0. The standard InChI is InChI=1S/C14H21N3O3/c1-9(2)16-13(18)8-20-14(19)11-7-10(15)5-6-12(11)17(3)4/h5-7,9H,8,15H2,1-4H3,(H,16,18). The number of benzene rings is 1. The van der Waals surface area contributed by atoms with Gasteiger partial charge in [-0.15, -0.1) is 0 Å². The monoisotopic (exact) mass is 279 g/mol. The Morgan fingerprint density at radius 2 is 2.00 bits per heavy atom. The van der Waals surface area contributed by atoms with Crippen molar-refractivity contribution in [1.82, 2.24) is 5.32 Å². The quantitative estimate of drug-likeness (QED) is 0.621. The van der Waals surface area contributed by atoms with Gasteiger partial charge in [0.05, 0.1) is 11.3 Å². The molecule has 0 aliphatic rings. The van der Waals surface area contributed by atoms with Gasteiger partial charge in [-0.2, -0.15) is 0 Å². The van der Waals surface area contributed by atoms with E-state index in [-0.39, 0.29) is 18.6 Å². The summed E-state index contributed by atoms with van der Waals surface area (Å²) in [5.41, 5.74) is 7.18. The highest BCUT2D eigenvalue weighted by Gasteiger charge is 2.16. The number of nitrogen functional groups attached to an aromatic ring is 1. The van der Waals surface area contributed by atoms with Gasteiger partial charge < -0.3 is 20.7 Å². The maximum absolute atomic E-state index is 12.0. The van der Waals surface area contributed by atoms with Crippen LogP contribution in [0.25, 0.3) is 0 Å². The first-order valence-electron chi connectivity index (χ1n) is 6.34. The molecule has 0 saturated heterocycles. The lowest BCUT2D eigenvalue weighted by Gasteiger charge is -2.17. The summed E-state index contributed by atoms with van der Waals surface area (Å²) in [5.74, 6) is -0.899. The van der Waals surface area contributed by atoms with Crippen LogP contribution in [-0.4, -0.2) is 38.6 Å². The van der Waals surface area contributed by atoms with Crippen LogP contribution < -0.4 is 16.0 Å². The topological polar surface area (TPSA) is 84.7 Å². The molecule has 0 fully saturated rings. The van der Waals surface area contributed by atoms with E-state index in [1.54, 1.807) is 17.0 Å². The summed E-state index contributed by atoms with van der Waals surface area (Å²) in [4.78, 5) is 25.3.